The number of likely N-dealkylation sites (N-methyl/N-ethyl adjacent to an activating group) is 1. The van der Waals surface area contributed by atoms with Gasteiger partial charge in [-0.2, -0.15) is 5.10 Å². The van der Waals surface area contributed by atoms with E-state index < -0.39 is 0 Å². The minimum Gasteiger partial charge on any atom is -0.353 e. The van der Waals surface area contributed by atoms with E-state index in [2.05, 4.69) is 27.4 Å². The van der Waals surface area contributed by atoms with Crippen molar-refractivity contribution in [1.29, 1.82) is 0 Å². The number of aryl methyl sites for hydroxylation is 1. The number of benzene rings is 1. The van der Waals surface area contributed by atoms with Crippen molar-refractivity contribution in [2.75, 3.05) is 13.1 Å². The molecule has 0 saturated carbocycles. The van der Waals surface area contributed by atoms with Gasteiger partial charge in [0.15, 0.2) is 0 Å². The first kappa shape index (κ1) is 19.5. The summed E-state index contributed by atoms with van der Waals surface area (Å²) in [5.74, 6) is 0.0299. The molecule has 0 fully saturated rings. The molecule has 1 aromatic heterocycles. The van der Waals surface area contributed by atoms with Crippen LogP contribution in [0.1, 0.15) is 37.6 Å². The van der Waals surface area contributed by atoms with Gasteiger partial charge in [-0.05, 0) is 32.9 Å². The summed E-state index contributed by atoms with van der Waals surface area (Å²) in [4.78, 5) is 14.1. The first-order valence-corrected chi connectivity index (χ1v) is 9.06. The summed E-state index contributed by atoms with van der Waals surface area (Å²) in [5, 5.41) is 8.15. The lowest BCUT2D eigenvalue weighted by Gasteiger charge is -2.20. The van der Waals surface area contributed by atoms with Crippen LogP contribution in [0, 0.1) is 6.92 Å². The van der Waals surface area contributed by atoms with Crippen LogP contribution in [0.3, 0.4) is 0 Å². The van der Waals surface area contributed by atoms with Crippen LogP contribution in [0.5, 0.6) is 0 Å². The molecule has 5 nitrogen and oxygen atoms in total. The summed E-state index contributed by atoms with van der Waals surface area (Å²) < 4.78 is 1.82. The maximum atomic E-state index is 12.0. The number of carbonyl (C=O) groups excluding carboxylic acids is 1. The van der Waals surface area contributed by atoms with E-state index >= 15 is 0 Å². The van der Waals surface area contributed by atoms with Crippen molar-refractivity contribution in [3.05, 3.63) is 52.3 Å². The third kappa shape index (κ3) is 5.58. The van der Waals surface area contributed by atoms with Gasteiger partial charge in [0.2, 0.25) is 5.91 Å². The molecule has 0 aliphatic heterocycles. The number of nitrogens with zero attached hydrogens (tertiary/aromatic N) is 3. The van der Waals surface area contributed by atoms with Gasteiger partial charge in [0.1, 0.15) is 5.15 Å². The number of nitrogens with one attached hydrogen (secondary N) is 1. The van der Waals surface area contributed by atoms with Gasteiger partial charge in [0.25, 0.3) is 0 Å². The van der Waals surface area contributed by atoms with Crippen LogP contribution < -0.4 is 5.32 Å². The molecule has 136 valence electrons. The summed E-state index contributed by atoms with van der Waals surface area (Å²) in [5.41, 5.74) is 3.04. The van der Waals surface area contributed by atoms with Gasteiger partial charge in [-0.25, -0.2) is 4.68 Å². The third-order valence-corrected chi connectivity index (χ3v) is 4.43. The van der Waals surface area contributed by atoms with Crippen LogP contribution in [0.25, 0.3) is 0 Å². The molecule has 0 aliphatic rings. The Morgan fingerprint density at radius 1 is 1.32 bits per heavy atom. The van der Waals surface area contributed by atoms with Crippen LogP contribution in [0.15, 0.2) is 30.3 Å². The molecule has 1 amide bonds. The Labute approximate surface area is 155 Å². The maximum Gasteiger partial charge on any atom is 0.234 e. The lowest BCUT2D eigenvalue weighted by atomic mass is 10.2. The molecule has 0 bridgehead atoms. The van der Waals surface area contributed by atoms with Crippen molar-refractivity contribution in [3.8, 4) is 0 Å². The first-order valence-electron chi connectivity index (χ1n) is 8.68. The molecule has 2 aromatic rings. The van der Waals surface area contributed by atoms with Crippen molar-refractivity contribution in [3.63, 3.8) is 0 Å². The molecule has 6 heteroatoms. The average molecular weight is 363 g/mol. The Bertz CT molecular complexity index is 697. The van der Waals surface area contributed by atoms with E-state index in [0.717, 1.165) is 23.4 Å². The SMILES string of the molecule is CCN(CC(=O)NC(C)C)Cc1c(C)nn(Cc2ccccc2)c1Cl. The van der Waals surface area contributed by atoms with E-state index in [-0.39, 0.29) is 11.9 Å². The summed E-state index contributed by atoms with van der Waals surface area (Å²) >= 11 is 6.57. The molecule has 0 aliphatic carbocycles. The first-order chi connectivity index (χ1) is 11.9. The lowest BCUT2D eigenvalue weighted by molar-refractivity contribution is -0.122. The highest BCUT2D eigenvalue weighted by molar-refractivity contribution is 6.30. The van der Waals surface area contributed by atoms with Crippen LogP contribution in [0.2, 0.25) is 5.15 Å². The smallest absolute Gasteiger partial charge is 0.234 e. The normalized spacial score (nSPS) is 11.3. The van der Waals surface area contributed by atoms with E-state index in [0.29, 0.717) is 24.8 Å². The Morgan fingerprint density at radius 3 is 2.60 bits per heavy atom. The van der Waals surface area contributed by atoms with Crippen molar-refractivity contribution >= 4 is 17.5 Å². The predicted octanol–water partition coefficient (Wildman–Crippen LogP) is 3.24. The highest BCUT2D eigenvalue weighted by Gasteiger charge is 2.18. The van der Waals surface area contributed by atoms with E-state index in [1.54, 1.807) is 0 Å². The maximum absolute atomic E-state index is 12.0. The Balaban J connectivity index is 2.09. The molecule has 0 radical (unpaired) electrons. The number of hydrogen-bond donors (Lipinski definition) is 1. The minimum atomic E-state index is 0.0299. The zero-order valence-electron chi connectivity index (χ0n) is 15.4. The second-order valence-electron chi connectivity index (χ2n) is 6.52. The van der Waals surface area contributed by atoms with Gasteiger partial charge in [0.05, 0.1) is 18.8 Å². The van der Waals surface area contributed by atoms with Crippen LogP contribution >= 0.6 is 11.6 Å². The molecule has 2 rings (SSSR count). The summed E-state index contributed by atoms with van der Waals surface area (Å²) in [7, 11) is 0. The van der Waals surface area contributed by atoms with Crippen LogP contribution in [-0.4, -0.2) is 39.7 Å². The van der Waals surface area contributed by atoms with Gasteiger partial charge < -0.3 is 5.32 Å². The topological polar surface area (TPSA) is 50.2 Å². The van der Waals surface area contributed by atoms with Gasteiger partial charge >= 0.3 is 0 Å². The average Bonchev–Trinajstić information content (AvgIpc) is 2.81. The van der Waals surface area contributed by atoms with Crippen LogP contribution in [0.4, 0.5) is 0 Å². The number of aromatic nitrogens is 2. The molecular formula is C19H27ClN4O. The van der Waals surface area contributed by atoms with Crippen molar-refractivity contribution < 1.29 is 4.79 Å². The van der Waals surface area contributed by atoms with Gasteiger partial charge in [-0.15, -0.1) is 0 Å². The fourth-order valence-corrected chi connectivity index (χ4v) is 3.00. The Morgan fingerprint density at radius 2 is 2.00 bits per heavy atom. The van der Waals surface area contributed by atoms with Gasteiger partial charge in [0, 0.05) is 18.2 Å². The summed E-state index contributed by atoms with van der Waals surface area (Å²) in [6.07, 6.45) is 0. The van der Waals surface area contributed by atoms with Crippen LogP contribution in [-0.2, 0) is 17.9 Å². The second-order valence-corrected chi connectivity index (χ2v) is 6.88. The molecule has 1 heterocycles. The minimum absolute atomic E-state index is 0.0299. The molecule has 25 heavy (non-hydrogen) atoms. The van der Waals surface area contributed by atoms with Gasteiger partial charge in [-0.1, -0.05) is 48.9 Å². The lowest BCUT2D eigenvalue weighted by Crippen LogP contribution is -2.39. The zero-order chi connectivity index (χ0) is 18.4. The highest BCUT2D eigenvalue weighted by Crippen LogP contribution is 2.22. The number of halogens is 1. The molecule has 0 saturated heterocycles. The zero-order valence-corrected chi connectivity index (χ0v) is 16.2. The van der Waals surface area contributed by atoms with E-state index in [9.17, 15) is 4.79 Å². The second kappa shape index (κ2) is 9.02. The monoisotopic (exact) mass is 362 g/mol. The third-order valence-electron chi connectivity index (χ3n) is 4.00. The highest BCUT2D eigenvalue weighted by atomic mass is 35.5. The number of hydrogen-bond acceptors (Lipinski definition) is 3. The quantitative estimate of drug-likeness (QED) is 0.784. The summed E-state index contributed by atoms with van der Waals surface area (Å²) in [6, 6.07) is 10.3. The summed E-state index contributed by atoms with van der Waals surface area (Å²) in [6.45, 7) is 10.3. The van der Waals surface area contributed by atoms with Gasteiger partial charge in [-0.3, -0.25) is 9.69 Å². The molecule has 0 unspecified atom stereocenters. The fraction of sp³-hybridized carbons (Fsp3) is 0.474. The molecular weight excluding hydrogens is 336 g/mol. The Hall–Kier alpha value is -1.85. The fourth-order valence-electron chi connectivity index (χ4n) is 2.70. The van der Waals surface area contributed by atoms with E-state index in [1.807, 2.05) is 50.6 Å². The van der Waals surface area contributed by atoms with E-state index in [4.69, 9.17) is 11.6 Å². The number of amides is 1. The standard InChI is InChI=1S/C19H27ClN4O/c1-5-23(13-18(25)21-14(2)3)12-17-15(4)22-24(19(17)20)11-16-9-7-6-8-10-16/h6-10,14H,5,11-13H2,1-4H3,(H,21,25). The Kier molecular flexibility index (Phi) is 7.02. The largest absolute Gasteiger partial charge is 0.353 e. The molecule has 1 aromatic carbocycles. The molecule has 1 N–H and O–H groups in total. The van der Waals surface area contributed by atoms with E-state index in [1.165, 1.54) is 0 Å². The number of rotatable bonds is 8. The predicted molar refractivity (Wildman–Crippen MR) is 102 cm³/mol. The molecule has 0 atom stereocenters. The molecule has 0 spiro atoms. The van der Waals surface area contributed by atoms with Crippen molar-refractivity contribution in [2.45, 2.75) is 46.8 Å². The number of carbonyl (C=O) groups is 1. The van der Waals surface area contributed by atoms with Crippen molar-refractivity contribution in [2.24, 2.45) is 0 Å². The van der Waals surface area contributed by atoms with Crippen molar-refractivity contribution in [1.82, 2.24) is 20.0 Å².